The number of urea groups is 2. The van der Waals surface area contributed by atoms with Crippen LogP contribution in [0.15, 0.2) is 168 Å². The van der Waals surface area contributed by atoms with Crippen LogP contribution < -0.4 is 10.6 Å². The molecule has 0 saturated heterocycles. The maximum absolute atomic E-state index is 12.9. The summed E-state index contributed by atoms with van der Waals surface area (Å²) in [5.41, 5.74) is 2.16. The Morgan fingerprint density at radius 1 is 0.462 bits per heavy atom. The van der Waals surface area contributed by atoms with Gasteiger partial charge in [0.15, 0.2) is 0 Å². The summed E-state index contributed by atoms with van der Waals surface area (Å²) < 4.78 is 115. The first-order chi connectivity index (χ1) is 30.8. The van der Waals surface area contributed by atoms with Crippen LogP contribution in [-0.2, 0) is 18.5 Å². The second-order valence-electron chi connectivity index (χ2n) is 14.7. The largest absolute Gasteiger partial charge is 0.416 e. The summed E-state index contributed by atoms with van der Waals surface area (Å²) >= 11 is 6.00. The molecule has 2 N–H and O–H groups in total. The summed E-state index contributed by atoms with van der Waals surface area (Å²) in [5.74, 6) is -0.558. The van der Waals surface area contributed by atoms with Gasteiger partial charge in [-0.1, -0.05) is 96.5 Å². The predicted molar refractivity (Wildman–Crippen MR) is 229 cm³/mol. The topological polar surface area (TPSA) is 89.4 Å². The van der Waals surface area contributed by atoms with Crippen LogP contribution in [0.4, 0.5) is 60.5 Å². The third-order valence-electron chi connectivity index (χ3n) is 10.3. The molecule has 0 aliphatic carbocycles. The fraction of sp³-hybridized carbons (Fsp3) is 0.149. The van der Waals surface area contributed by atoms with Gasteiger partial charge in [-0.2, -0.15) is 49.7 Å². The molecule has 65 heavy (non-hydrogen) atoms. The SMILES string of the molecule is O=C(Nc1ccc(C(F)(F)F)cc1)N1CC(c2ccccc2)C(c2ccc(C(F)(F)F)cc2)=N1.O=C(Nc1ccc(C(F)(F)F)cc1)N1CC(c2ccccc2)C(c2ccc(Cl)cc2)=N1. The summed E-state index contributed by atoms with van der Waals surface area (Å²) in [6.45, 7) is 0.404. The molecule has 6 aromatic carbocycles. The Morgan fingerprint density at radius 3 is 1.09 bits per heavy atom. The van der Waals surface area contributed by atoms with E-state index < -0.39 is 53.2 Å². The van der Waals surface area contributed by atoms with Gasteiger partial charge in [-0.25, -0.2) is 19.6 Å². The zero-order chi connectivity index (χ0) is 46.5. The molecule has 334 valence electrons. The molecule has 8 nitrogen and oxygen atoms in total. The first-order valence-corrected chi connectivity index (χ1v) is 19.9. The Morgan fingerprint density at radius 2 is 0.769 bits per heavy atom. The number of halogens is 10. The zero-order valence-electron chi connectivity index (χ0n) is 33.5. The Kier molecular flexibility index (Phi) is 13.3. The molecule has 2 atom stereocenters. The molecule has 6 aromatic rings. The molecular weight excluding hydrogens is 887 g/mol. The highest BCUT2D eigenvalue weighted by Crippen LogP contribution is 2.35. The molecule has 2 heterocycles. The van der Waals surface area contributed by atoms with Crippen LogP contribution in [0.25, 0.3) is 0 Å². The van der Waals surface area contributed by atoms with Gasteiger partial charge in [0, 0.05) is 28.2 Å². The van der Waals surface area contributed by atoms with Gasteiger partial charge in [0.05, 0.1) is 41.2 Å². The average molecular weight is 921 g/mol. The molecule has 2 unspecified atom stereocenters. The van der Waals surface area contributed by atoms with Crippen molar-refractivity contribution in [2.75, 3.05) is 23.7 Å². The number of hydrazone groups is 2. The highest BCUT2D eigenvalue weighted by Gasteiger charge is 2.36. The van der Waals surface area contributed by atoms with Crippen molar-refractivity contribution >= 4 is 46.5 Å². The van der Waals surface area contributed by atoms with E-state index in [1.165, 1.54) is 29.3 Å². The smallest absolute Gasteiger partial charge is 0.306 e. The lowest BCUT2D eigenvalue weighted by atomic mass is 9.90. The molecule has 0 aromatic heterocycles. The van der Waals surface area contributed by atoms with Crippen molar-refractivity contribution in [3.8, 4) is 0 Å². The number of carbonyl (C=O) groups is 2. The minimum atomic E-state index is -4.50. The minimum Gasteiger partial charge on any atom is -0.306 e. The van der Waals surface area contributed by atoms with Gasteiger partial charge in [-0.15, -0.1) is 0 Å². The lowest BCUT2D eigenvalue weighted by molar-refractivity contribution is -0.138. The van der Waals surface area contributed by atoms with Crippen LogP contribution in [0.5, 0.6) is 0 Å². The maximum Gasteiger partial charge on any atom is 0.416 e. The van der Waals surface area contributed by atoms with Crippen LogP contribution >= 0.6 is 11.6 Å². The van der Waals surface area contributed by atoms with E-state index in [2.05, 4.69) is 20.8 Å². The number of amides is 4. The first kappa shape index (κ1) is 45.9. The average Bonchev–Trinajstić information content (AvgIpc) is 3.94. The van der Waals surface area contributed by atoms with Crippen LogP contribution in [0.1, 0.15) is 50.8 Å². The standard InChI is InChI=1S/C24H17F6N3O.C23H17ClF3N3O/c25-23(26,27)17-8-6-16(7-9-17)21-20(15-4-2-1-3-5-15)14-33(32-21)22(34)31-19-12-10-18(11-13-19)24(28,29)30;24-18-10-6-16(7-11-18)21-20(15-4-2-1-3-5-15)14-30(29-21)22(31)28-19-12-8-17(9-13-19)23(25,26)27/h1-13,20H,14H2,(H,31,34);1-13,20H,14H2,(H,28,31). The van der Waals surface area contributed by atoms with Gasteiger partial charge >= 0.3 is 30.6 Å². The maximum atomic E-state index is 12.9. The molecule has 2 aliphatic heterocycles. The molecule has 0 saturated carbocycles. The van der Waals surface area contributed by atoms with E-state index in [-0.39, 0.29) is 23.8 Å². The van der Waals surface area contributed by atoms with Crippen LogP contribution in [0.3, 0.4) is 0 Å². The number of nitrogens with one attached hydrogen (secondary N) is 2. The monoisotopic (exact) mass is 920 g/mol. The number of hydrogen-bond donors (Lipinski definition) is 2. The summed E-state index contributed by atoms with van der Waals surface area (Å²) in [5, 5.41) is 17.0. The third-order valence-corrected chi connectivity index (χ3v) is 10.5. The van der Waals surface area contributed by atoms with Crippen LogP contribution in [-0.4, -0.2) is 46.6 Å². The van der Waals surface area contributed by atoms with Crippen molar-refractivity contribution in [1.82, 2.24) is 10.0 Å². The fourth-order valence-corrected chi connectivity index (χ4v) is 7.11. The number of rotatable bonds is 6. The number of hydrogen-bond acceptors (Lipinski definition) is 4. The number of nitrogens with zero attached hydrogens (tertiary/aromatic N) is 4. The number of anilines is 2. The summed E-state index contributed by atoms with van der Waals surface area (Å²) in [4.78, 5) is 25.5. The second kappa shape index (κ2) is 18.9. The Bertz CT molecular complexity index is 2660. The predicted octanol–water partition coefficient (Wildman–Crippen LogP) is 13.2. The second-order valence-corrected chi connectivity index (χ2v) is 15.1. The van der Waals surface area contributed by atoms with E-state index in [1.807, 2.05) is 60.7 Å². The Balaban J connectivity index is 0.000000195. The number of carbonyl (C=O) groups excluding carboxylic acids is 2. The Labute approximate surface area is 370 Å². The van der Waals surface area contributed by atoms with Crippen LogP contribution in [0, 0.1) is 0 Å². The van der Waals surface area contributed by atoms with Gasteiger partial charge in [-0.05, 0) is 95.1 Å². The molecule has 0 spiro atoms. The van der Waals surface area contributed by atoms with Crippen molar-refractivity contribution in [3.63, 3.8) is 0 Å². The molecule has 0 fully saturated rings. The summed E-state index contributed by atoms with van der Waals surface area (Å²) in [7, 11) is 0. The molecule has 18 heteroatoms. The highest BCUT2D eigenvalue weighted by atomic mass is 35.5. The van der Waals surface area contributed by atoms with Crippen molar-refractivity contribution in [3.05, 3.63) is 202 Å². The molecule has 2 aliphatic rings. The van der Waals surface area contributed by atoms with Gasteiger partial charge in [0.1, 0.15) is 0 Å². The lowest BCUT2D eigenvalue weighted by Crippen LogP contribution is -2.30. The fourth-order valence-electron chi connectivity index (χ4n) is 6.98. The van der Waals surface area contributed by atoms with Crippen molar-refractivity contribution in [1.29, 1.82) is 0 Å². The quantitative estimate of drug-likeness (QED) is 0.163. The third kappa shape index (κ3) is 11.3. The van der Waals surface area contributed by atoms with Gasteiger partial charge < -0.3 is 10.6 Å². The van der Waals surface area contributed by atoms with Crippen LogP contribution in [0.2, 0.25) is 5.02 Å². The van der Waals surface area contributed by atoms with Gasteiger partial charge in [0.2, 0.25) is 0 Å². The van der Waals surface area contributed by atoms with E-state index in [0.717, 1.165) is 70.2 Å². The van der Waals surface area contributed by atoms with Crippen molar-refractivity contribution in [2.45, 2.75) is 30.4 Å². The molecule has 4 amide bonds. The summed E-state index contributed by atoms with van der Waals surface area (Å²) in [6.07, 6.45) is -13.4. The van der Waals surface area contributed by atoms with Gasteiger partial charge in [-0.3, -0.25) is 0 Å². The van der Waals surface area contributed by atoms with E-state index in [4.69, 9.17) is 11.6 Å². The van der Waals surface area contributed by atoms with E-state index in [1.54, 1.807) is 24.3 Å². The molecule has 0 radical (unpaired) electrons. The first-order valence-electron chi connectivity index (χ1n) is 19.6. The highest BCUT2D eigenvalue weighted by molar-refractivity contribution is 6.30. The zero-order valence-corrected chi connectivity index (χ0v) is 34.2. The van der Waals surface area contributed by atoms with Gasteiger partial charge in [0.25, 0.3) is 0 Å². The van der Waals surface area contributed by atoms with E-state index >= 15 is 0 Å². The number of benzene rings is 6. The number of alkyl halides is 9. The van der Waals surface area contributed by atoms with E-state index in [9.17, 15) is 49.1 Å². The molecule has 0 bridgehead atoms. The van der Waals surface area contributed by atoms with Crippen molar-refractivity contribution < 1.29 is 49.1 Å². The minimum absolute atomic E-state index is 0.104. The van der Waals surface area contributed by atoms with Crippen molar-refractivity contribution in [2.24, 2.45) is 10.2 Å². The lowest BCUT2D eigenvalue weighted by Gasteiger charge is -2.16. The summed E-state index contributed by atoms with van der Waals surface area (Å²) in [6, 6.07) is 37.5. The Hall–Kier alpha value is -7.14. The molecule has 8 rings (SSSR count). The molecular formula is C47H34ClF9N6O2. The van der Waals surface area contributed by atoms with E-state index in [0.29, 0.717) is 28.6 Å². The normalized spacial score (nSPS) is 16.3.